The predicted octanol–water partition coefficient (Wildman–Crippen LogP) is 2.35. The molecule has 0 fully saturated rings. The molecule has 23 heavy (non-hydrogen) atoms. The second kappa shape index (κ2) is 6.18. The van der Waals surface area contributed by atoms with Crippen molar-refractivity contribution < 1.29 is 14.3 Å². The Morgan fingerprint density at radius 3 is 2.83 bits per heavy atom. The number of carbonyl (C=O) groups is 1. The summed E-state index contributed by atoms with van der Waals surface area (Å²) in [6, 6.07) is 9.11. The fraction of sp³-hybridized carbons (Fsp3) is 0.0625. The van der Waals surface area contributed by atoms with Crippen LogP contribution in [0.3, 0.4) is 0 Å². The number of allylic oxidation sites excluding steroid dienone is 1. The van der Waals surface area contributed by atoms with Gasteiger partial charge in [-0.3, -0.25) is 9.89 Å². The van der Waals surface area contributed by atoms with Gasteiger partial charge in [-0.1, -0.05) is 12.1 Å². The van der Waals surface area contributed by atoms with Crippen LogP contribution in [0.5, 0.6) is 0 Å². The number of hydrogen-bond acceptors (Lipinski definition) is 6. The van der Waals surface area contributed by atoms with Crippen molar-refractivity contribution in [2.75, 3.05) is 5.73 Å². The van der Waals surface area contributed by atoms with Crippen molar-refractivity contribution in [1.82, 2.24) is 15.2 Å². The molecule has 2 heterocycles. The number of anilines is 1. The van der Waals surface area contributed by atoms with E-state index in [1.807, 2.05) is 24.3 Å². The van der Waals surface area contributed by atoms with E-state index in [1.165, 1.54) is 12.6 Å². The number of furan rings is 1. The van der Waals surface area contributed by atoms with Gasteiger partial charge in [0.25, 0.3) is 0 Å². The number of aliphatic hydroxyl groups excluding tert-OH is 1. The Morgan fingerprint density at radius 2 is 2.13 bits per heavy atom. The van der Waals surface area contributed by atoms with Crippen molar-refractivity contribution in [3.63, 3.8) is 0 Å². The second-order valence-corrected chi connectivity index (χ2v) is 4.95. The van der Waals surface area contributed by atoms with Crippen LogP contribution in [0.2, 0.25) is 0 Å². The summed E-state index contributed by atoms with van der Waals surface area (Å²) in [5, 5.41) is 16.0. The molecule has 0 saturated heterocycles. The highest BCUT2D eigenvalue weighted by molar-refractivity contribution is 6.05. The molecule has 3 rings (SSSR count). The van der Waals surface area contributed by atoms with Crippen LogP contribution in [-0.2, 0) is 6.42 Å². The molecule has 0 saturated carbocycles. The number of nitrogens with one attached hydrogen (secondary N) is 1. The monoisotopic (exact) mass is 310 g/mol. The molecule has 0 amide bonds. The maximum atomic E-state index is 11.8. The molecule has 3 aromatic rings. The number of aliphatic hydroxyl groups is 1. The summed E-state index contributed by atoms with van der Waals surface area (Å²) in [5.41, 5.74) is 7.79. The highest BCUT2D eigenvalue weighted by Gasteiger charge is 2.11. The molecular formula is C16H14N4O3. The first kappa shape index (κ1) is 14.6. The maximum absolute atomic E-state index is 11.8. The summed E-state index contributed by atoms with van der Waals surface area (Å²) in [4.78, 5) is 15.5. The minimum absolute atomic E-state index is 0.0575. The fourth-order valence-electron chi connectivity index (χ4n) is 2.04. The topological polar surface area (TPSA) is 118 Å². The van der Waals surface area contributed by atoms with Crippen LogP contribution in [0.15, 0.2) is 53.4 Å². The Hall–Kier alpha value is -3.35. The molecule has 0 radical (unpaired) electrons. The zero-order valence-corrected chi connectivity index (χ0v) is 12.1. The van der Waals surface area contributed by atoms with Gasteiger partial charge >= 0.3 is 0 Å². The van der Waals surface area contributed by atoms with E-state index in [2.05, 4.69) is 15.2 Å². The first-order valence-electron chi connectivity index (χ1n) is 6.84. The van der Waals surface area contributed by atoms with E-state index in [0.29, 0.717) is 23.4 Å². The van der Waals surface area contributed by atoms with Crippen LogP contribution in [0, 0.1) is 0 Å². The number of ketones is 1. The van der Waals surface area contributed by atoms with Gasteiger partial charge in [-0.15, -0.1) is 0 Å². The number of nitrogens with zero attached hydrogens (tertiary/aromatic N) is 2. The molecule has 2 aromatic heterocycles. The average Bonchev–Trinajstić information content (AvgIpc) is 3.21. The molecule has 0 atom stereocenters. The summed E-state index contributed by atoms with van der Waals surface area (Å²) >= 11 is 0. The number of nitrogen functional groups attached to an aromatic ring is 1. The van der Waals surface area contributed by atoms with Gasteiger partial charge in [0.15, 0.2) is 5.82 Å². The summed E-state index contributed by atoms with van der Waals surface area (Å²) in [6.07, 6.45) is 4.24. The smallest absolute Gasteiger partial charge is 0.226 e. The van der Waals surface area contributed by atoms with Crippen molar-refractivity contribution in [2.45, 2.75) is 6.42 Å². The number of nitrogens with two attached hydrogens (primary N) is 1. The molecule has 1 aromatic carbocycles. The third-order valence-corrected chi connectivity index (χ3v) is 3.22. The van der Waals surface area contributed by atoms with Gasteiger partial charge < -0.3 is 15.3 Å². The molecular weight excluding hydrogens is 296 g/mol. The number of aromatic amines is 1. The van der Waals surface area contributed by atoms with Gasteiger partial charge in [0.05, 0.1) is 5.56 Å². The van der Waals surface area contributed by atoms with Crippen LogP contribution in [0.4, 0.5) is 5.69 Å². The standard InChI is InChI=1S/C16H14N4O3/c17-12-3-1-10(2-4-12)5-13-6-11(8-23-13)14(21)7-15(22)16-18-9-19-20-16/h1-4,6-9,21H,5,17H2,(H,18,19,20). The van der Waals surface area contributed by atoms with Gasteiger partial charge in [-0.2, -0.15) is 5.10 Å². The van der Waals surface area contributed by atoms with Crippen LogP contribution >= 0.6 is 0 Å². The first-order valence-corrected chi connectivity index (χ1v) is 6.84. The Labute approximate surface area is 131 Å². The summed E-state index contributed by atoms with van der Waals surface area (Å²) in [5.74, 6) is 0.0546. The molecule has 7 nitrogen and oxygen atoms in total. The van der Waals surface area contributed by atoms with E-state index in [-0.39, 0.29) is 11.6 Å². The second-order valence-electron chi connectivity index (χ2n) is 4.95. The Morgan fingerprint density at radius 1 is 1.35 bits per heavy atom. The number of benzene rings is 1. The van der Waals surface area contributed by atoms with E-state index >= 15 is 0 Å². The van der Waals surface area contributed by atoms with E-state index in [0.717, 1.165) is 11.6 Å². The zero-order valence-electron chi connectivity index (χ0n) is 12.1. The molecule has 0 aliphatic rings. The van der Waals surface area contributed by atoms with Crippen LogP contribution in [0.25, 0.3) is 5.76 Å². The van der Waals surface area contributed by atoms with E-state index in [9.17, 15) is 9.90 Å². The van der Waals surface area contributed by atoms with Gasteiger partial charge in [0.1, 0.15) is 24.1 Å². The third-order valence-electron chi connectivity index (χ3n) is 3.22. The Bertz CT molecular complexity index is 833. The molecule has 0 bridgehead atoms. The number of carbonyl (C=O) groups excluding carboxylic acids is 1. The molecule has 4 N–H and O–H groups in total. The van der Waals surface area contributed by atoms with Crippen molar-refractivity contribution in [3.05, 3.63) is 71.7 Å². The molecule has 116 valence electrons. The minimum Gasteiger partial charge on any atom is -0.507 e. The number of rotatable bonds is 5. The van der Waals surface area contributed by atoms with E-state index in [4.69, 9.17) is 10.2 Å². The minimum atomic E-state index is -0.471. The van der Waals surface area contributed by atoms with Gasteiger partial charge in [0, 0.05) is 18.2 Å². The quantitative estimate of drug-likeness (QED) is 0.288. The lowest BCUT2D eigenvalue weighted by Crippen LogP contribution is -1.99. The molecule has 0 unspecified atom stereocenters. The van der Waals surface area contributed by atoms with Crippen molar-refractivity contribution in [1.29, 1.82) is 0 Å². The van der Waals surface area contributed by atoms with Crippen molar-refractivity contribution >= 4 is 17.2 Å². The van der Waals surface area contributed by atoms with E-state index < -0.39 is 5.78 Å². The van der Waals surface area contributed by atoms with Crippen LogP contribution in [0.1, 0.15) is 27.5 Å². The Kier molecular flexibility index (Phi) is 3.92. The Balaban J connectivity index is 1.73. The highest BCUT2D eigenvalue weighted by atomic mass is 16.3. The average molecular weight is 310 g/mol. The lowest BCUT2D eigenvalue weighted by atomic mass is 10.1. The third kappa shape index (κ3) is 3.46. The van der Waals surface area contributed by atoms with Gasteiger partial charge in [-0.05, 0) is 23.8 Å². The lowest BCUT2D eigenvalue weighted by Gasteiger charge is -1.98. The predicted molar refractivity (Wildman–Crippen MR) is 83.7 cm³/mol. The molecule has 0 spiro atoms. The van der Waals surface area contributed by atoms with Crippen molar-refractivity contribution in [2.24, 2.45) is 0 Å². The van der Waals surface area contributed by atoms with Crippen LogP contribution in [-0.4, -0.2) is 26.1 Å². The SMILES string of the molecule is Nc1ccc(Cc2cc(C(O)=CC(=O)c3ncn[nH]3)co2)cc1. The van der Waals surface area contributed by atoms with Crippen LogP contribution < -0.4 is 5.73 Å². The largest absolute Gasteiger partial charge is 0.507 e. The number of H-pyrrole nitrogens is 1. The summed E-state index contributed by atoms with van der Waals surface area (Å²) < 4.78 is 5.41. The van der Waals surface area contributed by atoms with Gasteiger partial charge in [0.2, 0.25) is 5.78 Å². The highest BCUT2D eigenvalue weighted by Crippen LogP contribution is 2.19. The molecule has 7 heteroatoms. The fourth-order valence-corrected chi connectivity index (χ4v) is 2.04. The summed E-state index contributed by atoms with van der Waals surface area (Å²) in [6.45, 7) is 0. The first-order chi connectivity index (χ1) is 11.1. The molecule has 0 aliphatic carbocycles. The maximum Gasteiger partial charge on any atom is 0.226 e. The van der Waals surface area contributed by atoms with Gasteiger partial charge in [-0.25, -0.2) is 4.98 Å². The summed E-state index contributed by atoms with van der Waals surface area (Å²) in [7, 11) is 0. The normalized spacial score (nSPS) is 11.6. The lowest BCUT2D eigenvalue weighted by molar-refractivity contribution is 0.103. The number of hydrogen-bond donors (Lipinski definition) is 3. The molecule has 0 aliphatic heterocycles. The van der Waals surface area contributed by atoms with Crippen molar-refractivity contribution in [3.8, 4) is 0 Å². The number of aromatic nitrogens is 3. The zero-order chi connectivity index (χ0) is 16.2. The van der Waals surface area contributed by atoms with E-state index in [1.54, 1.807) is 6.07 Å².